The molecule has 0 radical (unpaired) electrons. The summed E-state index contributed by atoms with van der Waals surface area (Å²) in [7, 11) is 0. The smallest absolute Gasteiger partial charge is 0.417 e. The highest BCUT2D eigenvalue weighted by Crippen LogP contribution is 2.29. The van der Waals surface area contributed by atoms with Crippen LogP contribution >= 0.6 is 0 Å². The predicted octanol–water partition coefficient (Wildman–Crippen LogP) is 2.91. The normalized spacial score (nSPS) is 14.7. The summed E-state index contributed by atoms with van der Waals surface area (Å²) in [5.41, 5.74) is -0.671. The second-order valence-electron chi connectivity index (χ2n) is 5.64. The van der Waals surface area contributed by atoms with Crippen LogP contribution in [-0.4, -0.2) is 39.9 Å². The van der Waals surface area contributed by atoms with Gasteiger partial charge in [0.05, 0.1) is 23.6 Å². The average molecular weight is 367 g/mol. The summed E-state index contributed by atoms with van der Waals surface area (Å²) in [5, 5.41) is 10.6. The van der Waals surface area contributed by atoms with E-state index < -0.39 is 16.7 Å². The molecule has 2 aromatic rings. The first kappa shape index (κ1) is 17.6. The van der Waals surface area contributed by atoms with Crippen molar-refractivity contribution in [3.8, 4) is 5.88 Å². The molecule has 1 aromatic carbocycles. The number of rotatable bonds is 4. The van der Waals surface area contributed by atoms with Crippen molar-refractivity contribution in [2.24, 2.45) is 0 Å². The first-order chi connectivity index (χ1) is 12.2. The van der Waals surface area contributed by atoms with Crippen LogP contribution in [-0.2, 0) is 6.18 Å². The van der Waals surface area contributed by atoms with Crippen molar-refractivity contribution in [3.63, 3.8) is 0 Å². The molecule has 1 aliphatic heterocycles. The third-order valence-corrected chi connectivity index (χ3v) is 3.81. The molecule has 1 aromatic heterocycles. The summed E-state index contributed by atoms with van der Waals surface area (Å²) in [4.78, 5) is 27.3. The van der Waals surface area contributed by atoms with E-state index >= 15 is 0 Å². The van der Waals surface area contributed by atoms with Gasteiger partial charge in [-0.15, -0.1) is 0 Å². The number of carbonyl (C=O) groups excluding carboxylic acids is 1. The molecule has 1 amide bonds. The Morgan fingerprint density at radius 3 is 2.35 bits per heavy atom. The highest BCUT2D eigenvalue weighted by atomic mass is 19.4. The molecular weight excluding hydrogens is 355 g/mol. The first-order valence-corrected chi connectivity index (χ1v) is 7.47. The molecular formula is C16H12F3N3O4. The van der Waals surface area contributed by atoms with E-state index in [0.29, 0.717) is 11.8 Å². The third kappa shape index (κ3) is 3.73. The van der Waals surface area contributed by atoms with Crippen LogP contribution in [0.15, 0.2) is 42.6 Å². The number of hydrogen-bond acceptors (Lipinski definition) is 5. The van der Waals surface area contributed by atoms with Crippen LogP contribution in [0, 0.1) is 10.1 Å². The molecule has 0 bridgehead atoms. The van der Waals surface area contributed by atoms with Crippen molar-refractivity contribution in [2.75, 3.05) is 13.1 Å². The number of aromatic nitrogens is 1. The van der Waals surface area contributed by atoms with E-state index in [9.17, 15) is 28.1 Å². The number of nitro groups is 1. The van der Waals surface area contributed by atoms with E-state index in [0.717, 1.165) is 12.1 Å². The van der Waals surface area contributed by atoms with E-state index in [1.165, 1.54) is 29.2 Å². The SMILES string of the molecule is O=C(c1ccc([N+](=O)[O-])cc1)N1CC(Oc2ccc(C(F)(F)F)cn2)C1. The van der Waals surface area contributed by atoms with Crippen molar-refractivity contribution in [2.45, 2.75) is 12.3 Å². The Labute approximate surface area is 145 Å². The zero-order valence-corrected chi connectivity index (χ0v) is 13.1. The lowest BCUT2D eigenvalue weighted by atomic mass is 10.1. The molecule has 7 nitrogen and oxygen atoms in total. The molecule has 3 rings (SSSR count). The number of nitro benzene ring substituents is 1. The van der Waals surface area contributed by atoms with Crippen LogP contribution in [0.1, 0.15) is 15.9 Å². The van der Waals surface area contributed by atoms with Crippen molar-refractivity contribution >= 4 is 11.6 Å². The predicted molar refractivity (Wildman–Crippen MR) is 82.7 cm³/mol. The summed E-state index contributed by atoms with van der Waals surface area (Å²) in [6.45, 7) is 0.497. The highest BCUT2D eigenvalue weighted by Gasteiger charge is 2.34. The Balaban J connectivity index is 1.53. The standard InChI is InChI=1S/C16H12F3N3O4/c17-16(18,19)11-3-6-14(20-7-11)26-13-8-21(9-13)15(23)10-1-4-12(5-2-10)22(24)25/h1-7,13H,8-9H2. The van der Waals surface area contributed by atoms with Crippen LogP contribution < -0.4 is 4.74 Å². The largest absolute Gasteiger partial charge is 0.471 e. The van der Waals surface area contributed by atoms with Gasteiger partial charge in [0.15, 0.2) is 0 Å². The maximum atomic E-state index is 12.5. The number of benzene rings is 1. The Morgan fingerprint density at radius 1 is 1.19 bits per heavy atom. The van der Waals surface area contributed by atoms with E-state index in [-0.39, 0.29) is 36.7 Å². The molecule has 0 N–H and O–H groups in total. The fourth-order valence-corrected chi connectivity index (χ4v) is 2.38. The molecule has 1 aliphatic rings. The zero-order chi connectivity index (χ0) is 18.9. The summed E-state index contributed by atoms with van der Waals surface area (Å²) in [5.74, 6) is -0.259. The third-order valence-electron chi connectivity index (χ3n) is 3.81. The maximum Gasteiger partial charge on any atom is 0.417 e. The molecule has 0 saturated carbocycles. The molecule has 0 atom stereocenters. The van der Waals surface area contributed by atoms with Crippen molar-refractivity contribution in [1.29, 1.82) is 0 Å². The van der Waals surface area contributed by atoms with E-state index in [1.807, 2.05) is 0 Å². The number of non-ortho nitro benzene ring substituents is 1. The van der Waals surface area contributed by atoms with Crippen molar-refractivity contribution in [3.05, 3.63) is 63.8 Å². The van der Waals surface area contributed by atoms with Crippen molar-refractivity contribution in [1.82, 2.24) is 9.88 Å². The van der Waals surface area contributed by atoms with Gasteiger partial charge in [0, 0.05) is 30.0 Å². The number of alkyl halides is 3. The number of nitrogens with zero attached hydrogens (tertiary/aromatic N) is 3. The van der Waals surface area contributed by atoms with Gasteiger partial charge in [-0.2, -0.15) is 13.2 Å². The van der Waals surface area contributed by atoms with Gasteiger partial charge in [0.1, 0.15) is 6.10 Å². The van der Waals surface area contributed by atoms with Gasteiger partial charge in [0.2, 0.25) is 5.88 Å². The molecule has 0 aliphatic carbocycles. The van der Waals surface area contributed by atoms with Gasteiger partial charge in [-0.1, -0.05) is 0 Å². The Hall–Kier alpha value is -3.17. The lowest BCUT2D eigenvalue weighted by Crippen LogP contribution is -2.56. The van der Waals surface area contributed by atoms with Crippen LogP contribution in [0.3, 0.4) is 0 Å². The average Bonchev–Trinajstić information content (AvgIpc) is 2.57. The number of ether oxygens (including phenoxy) is 1. The zero-order valence-electron chi connectivity index (χ0n) is 13.1. The van der Waals surface area contributed by atoms with Crippen LogP contribution in [0.5, 0.6) is 5.88 Å². The summed E-state index contributed by atoms with van der Waals surface area (Å²) >= 11 is 0. The highest BCUT2D eigenvalue weighted by molar-refractivity contribution is 5.95. The van der Waals surface area contributed by atoms with E-state index in [2.05, 4.69) is 4.98 Å². The second-order valence-corrected chi connectivity index (χ2v) is 5.64. The Morgan fingerprint density at radius 2 is 1.85 bits per heavy atom. The Bertz CT molecular complexity index is 816. The minimum absolute atomic E-state index is 0.0467. The number of hydrogen-bond donors (Lipinski definition) is 0. The quantitative estimate of drug-likeness (QED) is 0.613. The summed E-state index contributed by atoms with van der Waals surface area (Å²) in [6, 6.07) is 7.23. The van der Waals surface area contributed by atoms with Gasteiger partial charge in [0.25, 0.3) is 11.6 Å². The minimum Gasteiger partial charge on any atom is -0.471 e. The van der Waals surface area contributed by atoms with Gasteiger partial charge < -0.3 is 9.64 Å². The fraction of sp³-hybridized carbons (Fsp3) is 0.250. The second kappa shape index (κ2) is 6.62. The number of amides is 1. The topological polar surface area (TPSA) is 85.6 Å². The number of pyridine rings is 1. The number of carbonyl (C=O) groups is 1. The van der Waals surface area contributed by atoms with E-state index in [1.54, 1.807) is 0 Å². The molecule has 1 saturated heterocycles. The van der Waals surface area contributed by atoms with Crippen LogP contribution in [0.4, 0.5) is 18.9 Å². The van der Waals surface area contributed by atoms with Crippen molar-refractivity contribution < 1.29 is 27.6 Å². The van der Waals surface area contributed by atoms with Gasteiger partial charge >= 0.3 is 6.18 Å². The number of halogens is 3. The fourth-order valence-electron chi connectivity index (χ4n) is 2.38. The van der Waals surface area contributed by atoms with Gasteiger partial charge in [-0.3, -0.25) is 14.9 Å². The lowest BCUT2D eigenvalue weighted by molar-refractivity contribution is -0.384. The van der Waals surface area contributed by atoms with Gasteiger partial charge in [-0.05, 0) is 18.2 Å². The van der Waals surface area contributed by atoms with Crippen LogP contribution in [0.2, 0.25) is 0 Å². The van der Waals surface area contributed by atoms with Gasteiger partial charge in [-0.25, -0.2) is 4.98 Å². The molecule has 0 spiro atoms. The molecule has 0 unspecified atom stereocenters. The molecule has 1 fully saturated rings. The Kier molecular flexibility index (Phi) is 4.49. The van der Waals surface area contributed by atoms with E-state index in [4.69, 9.17) is 4.74 Å². The molecule has 2 heterocycles. The lowest BCUT2D eigenvalue weighted by Gasteiger charge is -2.38. The number of likely N-dealkylation sites (tertiary alicyclic amines) is 1. The summed E-state index contributed by atoms with van der Waals surface area (Å²) in [6.07, 6.45) is -4.15. The molecule has 26 heavy (non-hydrogen) atoms. The summed E-state index contributed by atoms with van der Waals surface area (Å²) < 4.78 is 42.8. The molecule has 136 valence electrons. The van der Waals surface area contributed by atoms with Crippen LogP contribution in [0.25, 0.3) is 0 Å². The minimum atomic E-state index is -4.46. The molecule has 10 heteroatoms. The maximum absolute atomic E-state index is 12.5. The first-order valence-electron chi connectivity index (χ1n) is 7.47. The monoisotopic (exact) mass is 367 g/mol.